The van der Waals surface area contributed by atoms with Gasteiger partial charge in [0.15, 0.2) is 0 Å². The summed E-state index contributed by atoms with van der Waals surface area (Å²) in [4.78, 5) is 27.8. The van der Waals surface area contributed by atoms with E-state index in [1.165, 1.54) is 17.2 Å². The highest BCUT2D eigenvalue weighted by Gasteiger charge is 2.31. The van der Waals surface area contributed by atoms with Crippen LogP contribution in [0, 0.1) is 28.4 Å². The molecule has 0 aliphatic heterocycles. The molecule has 0 aromatic carbocycles. The summed E-state index contributed by atoms with van der Waals surface area (Å²) in [5.41, 5.74) is -0.553. The molecule has 1 aliphatic carbocycles. The lowest BCUT2D eigenvalue weighted by Crippen LogP contribution is -2.33. The summed E-state index contributed by atoms with van der Waals surface area (Å²) in [5, 5.41) is 10.7. The van der Waals surface area contributed by atoms with Gasteiger partial charge in [0.25, 0.3) is 5.91 Å². The Hall–Kier alpha value is -2.13. The summed E-state index contributed by atoms with van der Waals surface area (Å²) < 4.78 is 0. The van der Waals surface area contributed by atoms with Crippen molar-refractivity contribution in [2.75, 3.05) is 13.1 Å². The van der Waals surface area contributed by atoms with E-state index in [0.29, 0.717) is 12.5 Å². The molecule has 104 valence electrons. The third-order valence-corrected chi connectivity index (χ3v) is 3.31. The average molecular weight is 294 g/mol. The highest BCUT2D eigenvalue weighted by atomic mass is 35.5. The molecule has 0 N–H and O–H groups in total. The van der Waals surface area contributed by atoms with Crippen molar-refractivity contribution in [2.45, 2.75) is 12.8 Å². The van der Waals surface area contributed by atoms with Crippen LogP contribution in [0.4, 0.5) is 5.69 Å². The van der Waals surface area contributed by atoms with Crippen molar-refractivity contribution in [1.82, 2.24) is 9.88 Å². The van der Waals surface area contributed by atoms with Gasteiger partial charge in [-0.3, -0.25) is 14.9 Å². The zero-order valence-electron chi connectivity index (χ0n) is 10.6. The lowest BCUT2D eigenvalue weighted by atomic mass is 10.2. The van der Waals surface area contributed by atoms with Gasteiger partial charge >= 0.3 is 5.69 Å². The normalized spacial score (nSPS) is 13.6. The average Bonchev–Trinajstić information content (AvgIpc) is 3.20. The molecule has 1 heterocycles. The smallest absolute Gasteiger partial charge is 0.319 e. The second-order valence-corrected chi connectivity index (χ2v) is 4.95. The number of carbonyl (C=O) groups is 1. The van der Waals surface area contributed by atoms with E-state index in [-0.39, 0.29) is 17.3 Å². The third kappa shape index (κ3) is 3.06. The number of rotatable bonds is 5. The number of halogens is 1. The van der Waals surface area contributed by atoms with Crippen molar-refractivity contribution in [3.63, 3.8) is 0 Å². The lowest BCUT2D eigenvalue weighted by Gasteiger charge is -2.20. The number of hydrogen-bond acceptors (Lipinski definition) is 4. The zero-order chi connectivity index (χ0) is 14.7. The molecule has 20 heavy (non-hydrogen) atoms. The second-order valence-electron chi connectivity index (χ2n) is 4.59. The molecule has 7 heteroatoms. The van der Waals surface area contributed by atoms with Gasteiger partial charge in [0.2, 0.25) is 5.15 Å². The van der Waals surface area contributed by atoms with Gasteiger partial charge in [-0.05, 0) is 24.8 Å². The number of carbonyl (C=O) groups excluding carboxylic acids is 1. The van der Waals surface area contributed by atoms with E-state index in [2.05, 4.69) is 10.9 Å². The first-order valence-electron chi connectivity index (χ1n) is 6.06. The molecule has 6 nitrogen and oxygen atoms in total. The van der Waals surface area contributed by atoms with Crippen LogP contribution < -0.4 is 0 Å². The minimum atomic E-state index is -0.701. The Morgan fingerprint density at radius 2 is 2.35 bits per heavy atom. The molecule has 1 saturated carbocycles. The first-order chi connectivity index (χ1) is 9.54. The number of amides is 1. The fraction of sp³-hybridized carbons (Fsp3) is 0.385. The standard InChI is InChI=1S/C13H12ClN3O3/c1-2-7-16(8-9-3-4-9)13(18)10-5-6-15-12(14)11(10)17(19)20/h1,5-6,9H,3-4,7-8H2. The van der Waals surface area contributed by atoms with Crippen LogP contribution in [0.5, 0.6) is 0 Å². The van der Waals surface area contributed by atoms with Gasteiger partial charge in [-0.1, -0.05) is 17.5 Å². The second kappa shape index (κ2) is 5.88. The molecular formula is C13H12ClN3O3. The molecule has 2 rings (SSSR count). The van der Waals surface area contributed by atoms with E-state index in [9.17, 15) is 14.9 Å². The molecule has 1 aromatic rings. The maximum atomic E-state index is 12.4. The zero-order valence-corrected chi connectivity index (χ0v) is 11.3. The van der Waals surface area contributed by atoms with Gasteiger partial charge in [0.1, 0.15) is 5.56 Å². The number of nitrogens with zero attached hydrogens (tertiary/aromatic N) is 3. The van der Waals surface area contributed by atoms with E-state index in [1.54, 1.807) is 0 Å². The summed E-state index contributed by atoms with van der Waals surface area (Å²) in [5.74, 6) is 2.35. The minimum Gasteiger partial charge on any atom is -0.327 e. The van der Waals surface area contributed by atoms with Crippen LogP contribution in [0.1, 0.15) is 23.2 Å². The predicted octanol–water partition coefficient (Wildman–Crippen LogP) is 2.13. The van der Waals surface area contributed by atoms with Crippen molar-refractivity contribution in [2.24, 2.45) is 5.92 Å². The van der Waals surface area contributed by atoms with Crippen molar-refractivity contribution in [1.29, 1.82) is 0 Å². The van der Waals surface area contributed by atoms with E-state index in [1.807, 2.05) is 0 Å². The van der Waals surface area contributed by atoms with Crippen LogP contribution >= 0.6 is 11.6 Å². The first-order valence-corrected chi connectivity index (χ1v) is 6.44. The molecule has 1 amide bonds. The van der Waals surface area contributed by atoms with E-state index in [0.717, 1.165) is 12.8 Å². The van der Waals surface area contributed by atoms with Crippen molar-refractivity contribution < 1.29 is 9.72 Å². The predicted molar refractivity (Wildman–Crippen MR) is 73.4 cm³/mol. The molecule has 1 aliphatic rings. The Labute approximate surface area is 120 Å². The molecule has 0 unspecified atom stereocenters. The summed E-state index contributed by atoms with van der Waals surface area (Å²) in [6, 6.07) is 1.29. The van der Waals surface area contributed by atoms with Gasteiger partial charge in [0.05, 0.1) is 11.5 Å². The van der Waals surface area contributed by atoms with Gasteiger partial charge in [-0.2, -0.15) is 0 Å². The van der Waals surface area contributed by atoms with Crippen LogP contribution in [0.15, 0.2) is 12.3 Å². The molecule has 0 saturated heterocycles. The van der Waals surface area contributed by atoms with Gasteiger partial charge in [0, 0.05) is 12.7 Å². The Bertz CT molecular complexity index is 593. The van der Waals surface area contributed by atoms with Gasteiger partial charge < -0.3 is 4.90 Å². The molecular weight excluding hydrogens is 282 g/mol. The maximum absolute atomic E-state index is 12.4. The molecule has 0 bridgehead atoms. The maximum Gasteiger partial charge on any atom is 0.319 e. The number of nitro groups is 1. The van der Waals surface area contributed by atoms with E-state index < -0.39 is 16.5 Å². The molecule has 1 aromatic heterocycles. The Morgan fingerprint density at radius 3 is 2.90 bits per heavy atom. The molecule has 0 spiro atoms. The van der Waals surface area contributed by atoms with Crippen LogP contribution in [0.2, 0.25) is 5.15 Å². The number of hydrogen-bond donors (Lipinski definition) is 0. The molecule has 0 atom stereocenters. The SMILES string of the molecule is C#CCN(CC1CC1)C(=O)c1ccnc(Cl)c1[N+](=O)[O-]. The van der Waals surface area contributed by atoms with Crippen molar-refractivity contribution >= 4 is 23.2 Å². The summed E-state index contributed by atoms with van der Waals surface area (Å²) >= 11 is 5.70. The van der Waals surface area contributed by atoms with Gasteiger partial charge in [-0.15, -0.1) is 6.42 Å². The highest BCUT2D eigenvalue weighted by molar-refractivity contribution is 6.32. The summed E-state index contributed by atoms with van der Waals surface area (Å²) in [7, 11) is 0. The van der Waals surface area contributed by atoms with E-state index in [4.69, 9.17) is 18.0 Å². The van der Waals surface area contributed by atoms with Crippen LogP contribution in [-0.2, 0) is 0 Å². The lowest BCUT2D eigenvalue weighted by molar-refractivity contribution is -0.385. The number of aromatic nitrogens is 1. The number of pyridine rings is 1. The van der Waals surface area contributed by atoms with Crippen molar-refractivity contribution in [3.05, 3.63) is 33.1 Å². The van der Waals surface area contributed by atoms with Crippen LogP contribution in [0.3, 0.4) is 0 Å². The Kier molecular flexibility index (Phi) is 4.20. The van der Waals surface area contributed by atoms with E-state index >= 15 is 0 Å². The van der Waals surface area contributed by atoms with Gasteiger partial charge in [-0.25, -0.2) is 4.98 Å². The summed E-state index contributed by atoms with van der Waals surface area (Å²) in [6.07, 6.45) is 8.62. The van der Waals surface area contributed by atoms with Crippen LogP contribution in [0.25, 0.3) is 0 Å². The largest absolute Gasteiger partial charge is 0.327 e. The Morgan fingerprint density at radius 1 is 1.65 bits per heavy atom. The monoisotopic (exact) mass is 293 g/mol. The highest BCUT2D eigenvalue weighted by Crippen LogP contribution is 2.31. The van der Waals surface area contributed by atoms with Crippen LogP contribution in [-0.4, -0.2) is 33.8 Å². The number of terminal acetylenes is 1. The fourth-order valence-corrected chi connectivity index (χ4v) is 2.11. The summed E-state index contributed by atoms with van der Waals surface area (Å²) in [6.45, 7) is 0.632. The first kappa shape index (κ1) is 14.3. The third-order valence-electron chi connectivity index (χ3n) is 3.04. The molecule has 0 radical (unpaired) electrons. The topological polar surface area (TPSA) is 76.3 Å². The minimum absolute atomic E-state index is 0.0779. The molecule has 1 fully saturated rings. The quantitative estimate of drug-likeness (QED) is 0.361. The Balaban J connectivity index is 2.33. The fourth-order valence-electron chi connectivity index (χ4n) is 1.89. The van der Waals surface area contributed by atoms with Crippen molar-refractivity contribution in [3.8, 4) is 12.3 Å².